The molecule has 0 bridgehead atoms. The Morgan fingerprint density at radius 3 is 2.38 bits per heavy atom. The lowest BCUT2D eigenvalue weighted by atomic mass is 10.0. The molecule has 1 aromatic heterocycles. The van der Waals surface area contributed by atoms with E-state index in [9.17, 15) is 26.7 Å². The average Bonchev–Trinajstić information content (AvgIpc) is 2.69. The maximum atomic E-state index is 13.2. The van der Waals surface area contributed by atoms with Crippen LogP contribution in [0.15, 0.2) is 71.8 Å². The number of nitrogens with one attached hydrogen (secondary N) is 1. The molecule has 3 rings (SSSR count). The van der Waals surface area contributed by atoms with Gasteiger partial charge in [0.05, 0.1) is 21.8 Å². The first-order valence-corrected chi connectivity index (χ1v) is 9.96. The van der Waals surface area contributed by atoms with E-state index in [0.29, 0.717) is 22.9 Å². The summed E-state index contributed by atoms with van der Waals surface area (Å²) in [5.41, 5.74) is -0.0111. The van der Waals surface area contributed by atoms with Crippen molar-refractivity contribution >= 4 is 15.7 Å². The van der Waals surface area contributed by atoms with Gasteiger partial charge in [0.25, 0.3) is 10.0 Å². The number of halogens is 3. The molecule has 0 radical (unpaired) electrons. The molecule has 152 valence electrons. The van der Waals surface area contributed by atoms with Crippen molar-refractivity contribution in [1.82, 2.24) is 4.98 Å². The molecule has 5 nitrogen and oxygen atoms in total. The van der Waals surface area contributed by atoms with E-state index in [0.717, 1.165) is 12.1 Å². The normalized spacial score (nSPS) is 13.1. The standard InChI is InChI=1S/C20H17F3N2O3S/c1-13-9-10-14(19(26)16-7-4-5-11-24-16)12-17(13)25-29(27,28)18-8-3-2-6-15(18)20(21,22)23/h2-12,19,25-26H,1H3/t19-/m1/s1. The van der Waals surface area contributed by atoms with Gasteiger partial charge in [0, 0.05) is 6.20 Å². The van der Waals surface area contributed by atoms with Crippen LogP contribution in [0.2, 0.25) is 0 Å². The van der Waals surface area contributed by atoms with Crippen LogP contribution in [0.5, 0.6) is 0 Å². The number of rotatable bonds is 5. The zero-order valence-electron chi connectivity index (χ0n) is 15.2. The smallest absolute Gasteiger partial charge is 0.382 e. The number of aromatic nitrogens is 1. The van der Waals surface area contributed by atoms with E-state index in [1.165, 1.54) is 18.3 Å². The first-order chi connectivity index (χ1) is 13.6. The lowest BCUT2D eigenvalue weighted by molar-refractivity contribution is -0.139. The second-order valence-corrected chi connectivity index (χ2v) is 7.98. The number of hydrogen-bond acceptors (Lipinski definition) is 4. The number of nitrogens with zero attached hydrogens (tertiary/aromatic N) is 1. The van der Waals surface area contributed by atoms with Gasteiger partial charge < -0.3 is 5.11 Å². The molecule has 3 aromatic rings. The molecule has 1 heterocycles. The maximum absolute atomic E-state index is 13.2. The summed E-state index contributed by atoms with van der Waals surface area (Å²) in [6, 6.07) is 13.5. The molecule has 0 amide bonds. The zero-order valence-corrected chi connectivity index (χ0v) is 16.0. The molecular formula is C20H17F3N2O3S. The maximum Gasteiger partial charge on any atom is 0.417 e. The summed E-state index contributed by atoms with van der Waals surface area (Å²) in [7, 11) is -4.52. The Morgan fingerprint density at radius 2 is 1.72 bits per heavy atom. The highest BCUT2D eigenvalue weighted by atomic mass is 32.2. The summed E-state index contributed by atoms with van der Waals surface area (Å²) in [6.45, 7) is 1.60. The fourth-order valence-corrected chi connectivity index (χ4v) is 4.11. The molecule has 2 aromatic carbocycles. The number of alkyl halides is 3. The van der Waals surface area contributed by atoms with Crippen LogP contribution >= 0.6 is 0 Å². The van der Waals surface area contributed by atoms with Gasteiger partial charge in [-0.15, -0.1) is 0 Å². The summed E-state index contributed by atoms with van der Waals surface area (Å²) >= 11 is 0. The van der Waals surface area contributed by atoms with Gasteiger partial charge in [0.2, 0.25) is 0 Å². The van der Waals surface area contributed by atoms with E-state index < -0.39 is 32.8 Å². The minimum atomic E-state index is -4.82. The first kappa shape index (κ1) is 20.8. The van der Waals surface area contributed by atoms with E-state index in [2.05, 4.69) is 9.71 Å². The summed E-state index contributed by atoms with van der Waals surface area (Å²) in [4.78, 5) is 3.18. The molecule has 0 saturated carbocycles. The molecule has 2 N–H and O–H groups in total. The Balaban J connectivity index is 1.99. The van der Waals surface area contributed by atoms with Crippen molar-refractivity contribution in [3.63, 3.8) is 0 Å². The number of aliphatic hydroxyl groups excluding tert-OH is 1. The molecule has 0 saturated heterocycles. The fourth-order valence-electron chi connectivity index (χ4n) is 2.76. The zero-order chi connectivity index (χ0) is 21.2. The van der Waals surface area contributed by atoms with E-state index in [1.807, 2.05) is 0 Å². The highest BCUT2D eigenvalue weighted by Gasteiger charge is 2.37. The Hall–Kier alpha value is -2.91. The van der Waals surface area contributed by atoms with Gasteiger partial charge in [0.1, 0.15) is 6.10 Å². The highest BCUT2D eigenvalue weighted by molar-refractivity contribution is 7.92. The molecular weight excluding hydrogens is 405 g/mol. The van der Waals surface area contributed by atoms with Gasteiger partial charge in [-0.2, -0.15) is 13.2 Å². The highest BCUT2D eigenvalue weighted by Crippen LogP contribution is 2.35. The molecule has 0 aliphatic heterocycles. The SMILES string of the molecule is Cc1ccc([C@@H](O)c2ccccn2)cc1NS(=O)(=O)c1ccccc1C(F)(F)F. The Morgan fingerprint density at radius 1 is 1.03 bits per heavy atom. The third-order valence-electron chi connectivity index (χ3n) is 4.27. The number of anilines is 1. The van der Waals surface area contributed by atoms with Gasteiger partial charge in [-0.25, -0.2) is 8.42 Å². The summed E-state index contributed by atoms with van der Waals surface area (Å²) in [6.07, 6.45) is -4.44. The lowest BCUT2D eigenvalue weighted by Crippen LogP contribution is -2.19. The van der Waals surface area contributed by atoms with E-state index in [4.69, 9.17) is 0 Å². The molecule has 0 fully saturated rings. The Kier molecular flexibility index (Phi) is 5.63. The number of aryl methyl sites for hydroxylation is 1. The third kappa shape index (κ3) is 4.57. The van der Waals surface area contributed by atoms with Crippen molar-refractivity contribution in [3.05, 3.63) is 89.2 Å². The average molecular weight is 422 g/mol. The molecule has 0 aliphatic rings. The van der Waals surface area contributed by atoms with Crippen LogP contribution in [0.1, 0.15) is 28.5 Å². The Labute approximate surface area is 165 Å². The second-order valence-electron chi connectivity index (χ2n) is 6.33. The van der Waals surface area contributed by atoms with Gasteiger partial charge >= 0.3 is 6.18 Å². The van der Waals surface area contributed by atoms with Crippen LogP contribution in [0.4, 0.5) is 18.9 Å². The molecule has 1 atom stereocenters. The van der Waals surface area contributed by atoms with Crippen molar-refractivity contribution in [2.24, 2.45) is 0 Å². The molecule has 29 heavy (non-hydrogen) atoms. The Bertz CT molecular complexity index is 1120. The third-order valence-corrected chi connectivity index (χ3v) is 5.70. The van der Waals surface area contributed by atoms with Crippen molar-refractivity contribution in [2.45, 2.75) is 24.1 Å². The van der Waals surface area contributed by atoms with Crippen molar-refractivity contribution in [2.75, 3.05) is 4.72 Å². The number of pyridine rings is 1. The quantitative estimate of drug-likeness (QED) is 0.643. The van der Waals surface area contributed by atoms with E-state index in [-0.39, 0.29) is 5.69 Å². The van der Waals surface area contributed by atoms with E-state index in [1.54, 1.807) is 37.3 Å². The number of sulfonamides is 1. The van der Waals surface area contributed by atoms with Crippen molar-refractivity contribution in [1.29, 1.82) is 0 Å². The first-order valence-electron chi connectivity index (χ1n) is 8.48. The van der Waals surface area contributed by atoms with Gasteiger partial charge in [-0.3, -0.25) is 9.71 Å². The predicted molar refractivity (Wildman–Crippen MR) is 102 cm³/mol. The fraction of sp³-hybridized carbons (Fsp3) is 0.150. The summed E-state index contributed by atoms with van der Waals surface area (Å²) < 4.78 is 67.2. The summed E-state index contributed by atoms with van der Waals surface area (Å²) in [5, 5.41) is 10.5. The van der Waals surface area contributed by atoms with Gasteiger partial charge in [-0.1, -0.05) is 30.3 Å². The van der Waals surface area contributed by atoms with Crippen LogP contribution in [0.25, 0.3) is 0 Å². The molecule has 0 unspecified atom stereocenters. The second kappa shape index (κ2) is 7.84. The van der Waals surface area contributed by atoms with Crippen LogP contribution in [0.3, 0.4) is 0 Å². The van der Waals surface area contributed by atoms with Crippen molar-refractivity contribution < 1.29 is 26.7 Å². The number of aliphatic hydroxyl groups is 1. The largest absolute Gasteiger partial charge is 0.417 e. The summed E-state index contributed by atoms with van der Waals surface area (Å²) in [5.74, 6) is 0. The molecule has 0 spiro atoms. The monoisotopic (exact) mass is 422 g/mol. The van der Waals surface area contributed by atoms with Gasteiger partial charge in [0.15, 0.2) is 0 Å². The van der Waals surface area contributed by atoms with Crippen LogP contribution < -0.4 is 4.72 Å². The predicted octanol–water partition coefficient (Wildman–Crippen LogP) is 4.29. The van der Waals surface area contributed by atoms with E-state index >= 15 is 0 Å². The van der Waals surface area contributed by atoms with Crippen molar-refractivity contribution in [3.8, 4) is 0 Å². The van der Waals surface area contributed by atoms with Crippen LogP contribution in [-0.2, 0) is 16.2 Å². The lowest BCUT2D eigenvalue weighted by Gasteiger charge is -2.17. The minimum absolute atomic E-state index is 0.0643. The number of hydrogen-bond donors (Lipinski definition) is 2. The van der Waals surface area contributed by atoms with Crippen LogP contribution in [-0.4, -0.2) is 18.5 Å². The number of benzene rings is 2. The minimum Gasteiger partial charge on any atom is -0.382 e. The topological polar surface area (TPSA) is 79.3 Å². The van der Waals surface area contributed by atoms with Gasteiger partial charge in [-0.05, 0) is 48.4 Å². The molecule has 0 aliphatic carbocycles. The molecule has 9 heteroatoms. The van der Waals surface area contributed by atoms with Crippen LogP contribution in [0, 0.1) is 6.92 Å².